The zero-order chi connectivity index (χ0) is 10.8. The minimum atomic E-state index is -0.0446. The van der Waals surface area contributed by atoms with Crippen molar-refractivity contribution in [3.05, 3.63) is 20.8 Å². The molecule has 1 amide bonds. The number of halogens is 2. The van der Waals surface area contributed by atoms with Gasteiger partial charge in [-0.05, 0) is 27.4 Å². The molecule has 3 nitrogen and oxygen atoms in total. The van der Waals surface area contributed by atoms with Crippen molar-refractivity contribution in [2.24, 2.45) is 0 Å². The fourth-order valence-electron chi connectivity index (χ4n) is 1.35. The molecule has 2 atom stereocenters. The maximum absolute atomic E-state index is 11.8. The molecular weight excluding hydrogens is 346 g/mol. The van der Waals surface area contributed by atoms with Crippen LogP contribution in [0, 0.1) is 0 Å². The highest BCUT2D eigenvalue weighted by atomic mass is 79.9. The van der Waals surface area contributed by atoms with Crippen LogP contribution in [0.2, 0.25) is 0 Å². The topological polar surface area (TPSA) is 38.3 Å². The second kappa shape index (κ2) is 4.95. The highest BCUT2D eigenvalue weighted by molar-refractivity contribution is 9.10. The van der Waals surface area contributed by atoms with Gasteiger partial charge in [0.2, 0.25) is 0 Å². The number of carbonyl (C=O) groups excluding carboxylic acids is 1. The summed E-state index contributed by atoms with van der Waals surface area (Å²) in [6.45, 7) is 1.22. The summed E-state index contributed by atoms with van der Waals surface area (Å²) in [4.78, 5) is 12.7. The summed E-state index contributed by atoms with van der Waals surface area (Å²) >= 11 is 8.23. The number of hydrogen-bond donors (Lipinski definition) is 1. The Balaban J connectivity index is 2.01. The predicted molar refractivity (Wildman–Crippen MR) is 66.8 cm³/mol. The largest absolute Gasteiger partial charge is 0.378 e. The van der Waals surface area contributed by atoms with Gasteiger partial charge < -0.3 is 10.1 Å². The number of amides is 1. The molecule has 15 heavy (non-hydrogen) atoms. The first kappa shape index (κ1) is 11.6. The Bertz CT molecular complexity index is 369. The summed E-state index contributed by atoms with van der Waals surface area (Å²) in [5, 5.41) is 4.83. The number of hydrogen-bond acceptors (Lipinski definition) is 3. The molecule has 1 aliphatic rings. The highest BCUT2D eigenvalue weighted by Gasteiger charge is 2.28. The Labute approximate surface area is 108 Å². The fraction of sp³-hybridized carbons (Fsp3) is 0.444. The van der Waals surface area contributed by atoms with E-state index in [1.807, 2.05) is 11.4 Å². The summed E-state index contributed by atoms with van der Waals surface area (Å²) in [5.41, 5.74) is 0. The zero-order valence-electron chi connectivity index (χ0n) is 7.70. The Morgan fingerprint density at radius 2 is 2.40 bits per heavy atom. The number of ether oxygens (including phenoxy) is 1. The molecule has 2 heterocycles. The fourth-order valence-corrected chi connectivity index (χ4v) is 3.28. The molecule has 1 aromatic rings. The van der Waals surface area contributed by atoms with Crippen LogP contribution in [0.25, 0.3) is 0 Å². The van der Waals surface area contributed by atoms with Crippen LogP contribution < -0.4 is 5.32 Å². The first-order valence-corrected chi connectivity index (χ1v) is 7.03. The minimum Gasteiger partial charge on any atom is -0.378 e. The standard InChI is InChI=1S/C9H9Br2NO2S/c10-5-1-2-15-8(5)9(13)12-7-4-14-3-6(7)11/h1-2,6-7H,3-4H2,(H,12,13). The van der Waals surface area contributed by atoms with Crippen molar-refractivity contribution in [3.8, 4) is 0 Å². The molecule has 1 aromatic heterocycles. The molecule has 0 spiro atoms. The van der Waals surface area contributed by atoms with E-state index in [2.05, 4.69) is 37.2 Å². The lowest BCUT2D eigenvalue weighted by Gasteiger charge is -2.13. The first-order valence-electron chi connectivity index (χ1n) is 4.44. The van der Waals surface area contributed by atoms with Crippen molar-refractivity contribution in [2.45, 2.75) is 10.9 Å². The van der Waals surface area contributed by atoms with Gasteiger partial charge in [-0.2, -0.15) is 0 Å². The van der Waals surface area contributed by atoms with Crippen LogP contribution >= 0.6 is 43.2 Å². The van der Waals surface area contributed by atoms with E-state index in [9.17, 15) is 4.79 Å². The molecule has 1 saturated heterocycles. The van der Waals surface area contributed by atoms with Crippen molar-refractivity contribution >= 4 is 49.1 Å². The molecule has 0 bridgehead atoms. The Hall–Kier alpha value is 0.0900. The van der Waals surface area contributed by atoms with Crippen LogP contribution in [-0.4, -0.2) is 30.0 Å². The number of thiophene rings is 1. The van der Waals surface area contributed by atoms with E-state index >= 15 is 0 Å². The molecule has 0 radical (unpaired) electrons. The number of nitrogens with one attached hydrogen (secondary N) is 1. The average molecular weight is 355 g/mol. The van der Waals surface area contributed by atoms with Crippen LogP contribution in [0.5, 0.6) is 0 Å². The van der Waals surface area contributed by atoms with Crippen LogP contribution in [0.4, 0.5) is 0 Å². The van der Waals surface area contributed by atoms with E-state index in [0.717, 1.165) is 4.47 Å². The lowest BCUT2D eigenvalue weighted by atomic mass is 10.2. The third kappa shape index (κ3) is 2.61. The van der Waals surface area contributed by atoms with Gasteiger partial charge in [-0.1, -0.05) is 15.9 Å². The quantitative estimate of drug-likeness (QED) is 0.828. The maximum atomic E-state index is 11.8. The molecule has 1 fully saturated rings. The van der Waals surface area contributed by atoms with Gasteiger partial charge in [0, 0.05) is 4.47 Å². The van der Waals surface area contributed by atoms with E-state index < -0.39 is 0 Å². The van der Waals surface area contributed by atoms with Crippen LogP contribution in [0.1, 0.15) is 9.67 Å². The van der Waals surface area contributed by atoms with Gasteiger partial charge in [0.25, 0.3) is 5.91 Å². The van der Waals surface area contributed by atoms with Crippen molar-refractivity contribution in [1.29, 1.82) is 0 Å². The molecule has 0 aromatic carbocycles. The Morgan fingerprint density at radius 3 is 2.93 bits per heavy atom. The van der Waals surface area contributed by atoms with Gasteiger partial charge in [0.05, 0.1) is 24.1 Å². The average Bonchev–Trinajstić information content (AvgIpc) is 2.76. The third-order valence-corrected chi connectivity index (χ3v) is 4.89. The molecule has 2 unspecified atom stereocenters. The van der Waals surface area contributed by atoms with Crippen LogP contribution in [0.15, 0.2) is 15.9 Å². The SMILES string of the molecule is O=C(NC1COCC1Br)c1sccc1Br. The van der Waals surface area contributed by atoms with Gasteiger partial charge >= 0.3 is 0 Å². The second-order valence-electron chi connectivity index (χ2n) is 3.23. The summed E-state index contributed by atoms with van der Waals surface area (Å²) < 4.78 is 6.09. The third-order valence-electron chi connectivity index (χ3n) is 2.15. The number of carbonyl (C=O) groups is 1. The van der Waals surface area contributed by atoms with Crippen LogP contribution in [-0.2, 0) is 4.74 Å². The molecule has 82 valence electrons. The molecule has 0 saturated carbocycles. The van der Waals surface area contributed by atoms with E-state index in [0.29, 0.717) is 18.1 Å². The lowest BCUT2D eigenvalue weighted by molar-refractivity contribution is 0.0934. The second-order valence-corrected chi connectivity index (χ2v) is 6.18. The van der Waals surface area contributed by atoms with Gasteiger partial charge in [0.15, 0.2) is 0 Å². The zero-order valence-corrected chi connectivity index (χ0v) is 11.7. The summed E-state index contributed by atoms with van der Waals surface area (Å²) in [5.74, 6) is -0.0446. The van der Waals surface area contributed by atoms with E-state index in [-0.39, 0.29) is 16.8 Å². The molecule has 1 N–H and O–H groups in total. The van der Waals surface area contributed by atoms with Gasteiger partial charge in [-0.25, -0.2) is 0 Å². The molecular formula is C9H9Br2NO2S. The van der Waals surface area contributed by atoms with E-state index in [1.54, 1.807) is 0 Å². The minimum absolute atomic E-state index is 0.0446. The number of alkyl halides is 1. The van der Waals surface area contributed by atoms with Gasteiger partial charge in [-0.3, -0.25) is 4.79 Å². The van der Waals surface area contributed by atoms with E-state index in [4.69, 9.17) is 4.74 Å². The van der Waals surface area contributed by atoms with E-state index in [1.165, 1.54) is 11.3 Å². The smallest absolute Gasteiger partial charge is 0.262 e. The number of rotatable bonds is 2. The van der Waals surface area contributed by atoms with Crippen LogP contribution in [0.3, 0.4) is 0 Å². The summed E-state index contributed by atoms with van der Waals surface area (Å²) in [7, 11) is 0. The van der Waals surface area contributed by atoms with Gasteiger partial charge in [0.1, 0.15) is 4.88 Å². The lowest BCUT2D eigenvalue weighted by Crippen LogP contribution is -2.40. The van der Waals surface area contributed by atoms with Crippen molar-refractivity contribution < 1.29 is 9.53 Å². The van der Waals surface area contributed by atoms with Crippen molar-refractivity contribution in [1.82, 2.24) is 5.32 Å². The molecule has 1 aliphatic heterocycles. The maximum Gasteiger partial charge on any atom is 0.262 e. The normalized spacial score (nSPS) is 25.5. The highest BCUT2D eigenvalue weighted by Crippen LogP contribution is 2.23. The predicted octanol–water partition coefficient (Wildman–Crippen LogP) is 2.40. The van der Waals surface area contributed by atoms with Gasteiger partial charge in [-0.15, -0.1) is 11.3 Å². The van der Waals surface area contributed by atoms with Crippen molar-refractivity contribution in [2.75, 3.05) is 13.2 Å². The summed E-state index contributed by atoms with van der Waals surface area (Å²) in [6, 6.07) is 1.93. The molecule has 6 heteroatoms. The molecule has 2 rings (SSSR count). The molecule has 0 aliphatic carbocycles. The Kier molecular flexibility index (Phi) is 3.82. The first-order chi connectivity index (χ1) is 7.18. The Morgan fingerprint density at radius 1 is 1.60 bits per heavy atom. The summed E-state index contributed by atoms with van der Waals surface area (Å²) in [6.07, 6.45) is 0. The monoisotopic (exact) mass is 353 g/mol. The van der Waals surface area contributed by atoms with Crippen molar-refractivity contribution in [3.63, 3.8) is 0 Å².